The van der Waals surface area contributed by atoms with E-state index in [1.165, 1.54) is 109 Å². The van der Waals surface area contributed by atoms with Gasteiger partial charge in [-0.25, -0.2) is 31.9 Å². The van der Waals surface area contributed by atoms with Gasteiger partial charge in [-0.1, -0.05) is 17.7 Å². The number of rotatable bonds is 6. The molecule has 3 aromatic carbocycles. The van der Waals surface area contributed by atoms with Crippen molar-refractivity contribution in [2.24, 2.45) is 0 Å². The lowest BCUT2D eigenvalue weighted by Gasteiger charge is -2.36. The quantitative estimate of drug-likeness (QED) is 0.142. The van der Waals surface area contributed by atoms with E-state index >= 15 is 8.78 Å². The lowest BCUT2D eigenvalue weighted by Crippen LogP contribution is -2.45. The van der Waals surface area contributed by atoms with E-state index in [2.05, 4.69) is 30.9 Å². The van der Waals surface area contributed by atoms with Crippen LogP contribution in [-0.4, -0.2) is 87.0 Å². The molecule has 0 unspecified atom stereocenters. The van der Waals surface area contributed by atoms with Gasteiger partial charge in [0.1, 0.15) is 23.0 Å². The number of alkyl halides is 11. The summed E-state index contributed by atoms with van der Waals surface area (Å²) in [5.41, 5.74) is -4.28. The number of benzene rings is 3. The number of carbonyl (C=O) groups excluding carboxylic acids is 3. The summed E-state index contributed by atoms with van der Waals surface area (Å²) >= 11 is 6.04. The number of aryl methyl sites for hydroxylation is 3. The second kappa shape index (κ2) is 25.7. The van der Waals surface area contributed by atoms with Crippen molar-refractivity contribution in [2.75, 3.05) is 55.2 Å². The molecule has 2 fully saturated rings. The van der Waals surface area contributed by atoms with Crippen LogP contribution in [0.5, 0.6) is 0 Å². The fourth-order valence-corrected chi connectivity index (χ4v) is 9.80. The molecule has 0 saturated carbocycles. The minimum absolute atomic E-state index is 0.0107. The Morgan fingerprint density at radius 2 is 0.880 bits per heavy atom. The van der Waals surface area contributed by atoms with Crippen molar-refractivity contribution >= 4 is 52.3 Å². The molecular weight excluding hydrogens is 1140 g/mol. The molecular formula is C57H53ClF13N9O3. The van der Waals surface area contributed by atoms with Crippen molar-refractivity contribution in [3.8, 4) is 0 Å². The van der Waals surface area contributed by atoms with Gasteiger partial charge in [0, 0.05) is 101 Å². The van der Waals surface area contributed by atoms with Crippen LogP contribution in [0, 0.1) is 32.4 Å². The number of pyridine rings is 3. The molecule has 3 aliphatic heterocycles. The molecule has 3 aromatic heterocycles. The average Bonchev–Trinajstić information content (AvgIpc) is 3.51. The summed E-state index contributed by atoms with van der Waals surface area (Å²) in [7, 11) is 0. The van der Waals surface area contributed by atoms with E-state index in [1.54, 1.807) is 18.2 Å². The minimum atomic E-state index is -4.47. The molecule has 0 radical (unpaired) electrons. The first-order valence-electron chi connectivity index (χ1n) is 25.6. The van der Waals surface area contributed by atoms with E-state index < -0.39 is 76.3 Å². The third kappa shape index (κ3) is 15.8. The van der Waals surface area contributed by atoms with Gasteiger partial charge in [-0.05, 0) is 140 Å². The molecule has 2 saturated heterocycles. The SMILES string of the molecule is Cc1cc(NC(=O)N2CC=C(c3ncccc3F)CC2)ccc1C(F)(F)F.Cc1cc(NC(=O)N2CCC(F)(c3ncccc3Cl)CC2)ccc1C(F)(F)F.Cc1cc(NC(=O)N2CCC(F)(c3ncccc3F)CC2)ccc1C(F)(F)F. The van der Waals surface area contributed by atoms with E-state index in [0.717, 1.165) is 29.8 Å². The summed E-state index contributed by atoms with van der Waals surface area (Å²) in [6.45, 7) is 4.91. The third-order valence-corrected chi connectivity index (χ3v) is 14.3. The first-order valence-corrected chi connectivity index (χ1v) is 25.9. The summed E-state index contributed by atoms with van der Waals surface area (Å²) in [4.78, 5) is 53.2. The van der Waals surface area contributed by atoms with Gasteiger partial charge < -0.3 is 30.7 Å². The van der Waals surface area contributed by atoms with Crippen molar-refractivity contribution in [1.29, 1.82) is 0 Å². The maximum atomic E-state index is 15.2. The van der Waals surface area contributed by atoms with Crippen LogP contribution in [0.3, 0.4) is 0 Å². The summed E-state index contributed by atoms with van der Waals surface area (Å²) in [5.74, 6) is -1.15. The van der Waals surface area contributed by atoms with Crippen LogP contribution in [0.2, 0.25) is 5.02 Å². The van der Waals surface area contributed by atoms with Crippen LogP contribution in [0.25, 0.3) is 5.57 Å². The molecule has 0 spiro atoms. The number of likely N-dealkylation sites (tertiary alicyclic amines) is 2. The van der Waals surface area contributed by atoms with Crippen molar-refractivity contribution < 1.29 is 71.5 Å². The molecule has 83 heavy (non-hydrogen) atoms. The molecule has 6 aromatic rings. The number of urea groups is 3. The number of nitrogens with one attached hydrogen (secondary N) is 3. The number of nitrogens with zero attached hydrogens (tertiary/aromatic N) is 6. The zero-order valence-corrected chi connectivity index (χ0v) is 45.2. The Kier molecular flexibility index (Phi) is 19.4. The Bertz CT molecular complexity index is 3200. The van der Waals surface area contributed by atoms with Crippen LogP contribution >= 0.6 is 11.6 Å². The number of hydrogen-bond acceptors (Lipinski definition) is 6. The summed E-state index contributed by atoms with van der Waals surface area (Å²) < 4.78 is 173. The third-order valence-electron chi connectivity index (χ3n) is 14.0. The van der Waals surface area contributed by atoms with Gasteiger partial charge in [0.05, 0.1) is 27.4 Å². The lowest BCUT2D eigenvalue weighted by atomic mass is 9.89. The fourth-order valence-electron chi connectivity index (χ4n) is 9.51. The Hall–Kier alpha value is -7.96. The summed E-state index contributed by atoms with van der Waals surface area (Å²) in [5, 5.41) is 7.92. The molecule has 0 atom stereocenters. The van der Waals surface area contributed by atoms with Crippen molar-refractivity contribution in [3.05, 3.63) is 183 Å². The van der Waals surface area contributed by atoms with Gasteiger partial charge in [0.15, 0.2) is 11.3 Å². The van der Waals surface area contributed by atoms with Crippen LogP contribution < -0.4 is 16.0 Å². The van der Waals surface area contributed by atoms with Crippen LogP contribution in [0.4, 0.5) is 88.5 Å². The average molecular weight is 1190 g/mol. The highest BCUT2D eigenvalue weighted by Crippen LogP contribution is 2.41. The molecule has 6 heterocycles. The zero-order valence-electron chi connectivity index (χ0n) is 44.4. The Morgan fingerprint density at radius 3 is 1.24 bits per heavy atom. The monoisotopic (exact) mass is 1190 g/mol. The first-order chi connectivity index (χ1) is 39.0. The van der Waals surface area contributed by atoms with Gasteiger partial charge in [-0.2, -0.15) is 39.5 Å². The maximum Gasteiger partial charge on any atom is 0.416 e. The molecule has 9 rings (SSSR count). The molecule has 26 heteroatoms. The van der Waals surface area contributed by atoms with E-state index in [1.807, 2.05) is 0 Å². The lowest BCUT2D eigenvalue weighted by molar-refractivity contribution is -0.138. The number of halogens is 14. The molecule has 0 aliphatic carbocycles. The number of aromatic nitrogens is 3. The summed E-state index contributed by atoms with van der Waals surface area (Å²) in [6.07, 6.45) is -7.08. The second-order valence-corrected chi connectivity index (χ2v) is 20.1. The van der Waals surface area contributed by atoms with Gasteiger partial charge in [0.25, 0.3) is 0 Å². The van der Waals surface area contributed by atoms with Crippen LogP contribution in [0.15, 0.2) is 116 Å². The van der Waals surface area contributed by atoms with Crippen LogP contribution in [0.1, 0.15) is 82.6 Å². The molecule has 3 aliphatic rings. The molecule has 12 nitrogen and oxygen atoms in total. The van der Waals surface area contributed by atoms with E-state index in [4.69, 9.17) is 11.6 Å². The van der Waals surface area contributed by atoms with E-state index in [0.29, 0.717) is 13.0 Å². The zero-order chi connectivity index (χ0) is 60.7. The van der Waals surface area contributed by atoms with Crippen molar-refractivity contribution in [3.63, 3.8) is 0 Å². The number of piperidine rings is 2. The second-order valence-electron chi connectivity index (χ2n) is 19.7. The number of amides is 6. The summed E-state index contributed by atoms with van der Waals surface area (Å²) in [6, 6.07) is 17.2. The Balaban J connectivity index is 0.000000179. The van der Waals surface area contributed by atoms with Crippen LogP contribution in [-0.2, 0) is 29.9 Å². The van der Waals surface area contributed by atoms with Crippen molar-refractivity contribution in [2.45, 2.75) is 82.7 Å². The Morgan fingerprint density at radius 1 is 0.506 bits per heavy atom. The molecule has 0 bridgehead atoms. The highest BCUT2D eigenvalue weighted by Gasteiger charge is 2.42. The standard InChI is InChI=1S/C19H18ClF4N3O.C19H18F5N3O.C19H17F4N3O/c2*1-12-11-13(4-5-14(12)19(22,23)24)26-17(28)27-9-6-18(21,7-10-27)16-15(20)3-2-8-25-16;1-12-11-14(4-5-15(12)19(21,22)23)25-18(27)26-9-6-13(7-10-26)17-16(20)3-2-8-24-17/h2*2-5,8,11H,6-7,9-10H2,1H3,(H,26,28);2-6,8,11H,7,9-10H2,1H3,(H,25,27). The first kappa shape index (κ1) is 62.6. The largest absolute Gasteiger partial charge is 0.416 e. The van der Waals surface area contributed by atoms with Gasteiger partial charge in [0.2, 0.25) is 0 Å². The highest BCUT2D eigenvalue weighted by atomic mass is 35.5. The van der Waals surface area contributed by atoms with Crippen molar-refractivity contribution in [1.82, 2.24) is 29.7 Å². The Labute approximate surface area is 472 Å². The maximum absolute atomic E-state index is 15.2. The van der Waals surface area contributed by atoms with E-state index in [9.17, 15) is 62.7 Å². The normalized spacial score (nSPS) is 16.1. The fraction of sp³-hybridized carbons (Fsp3) is 0.333. The topological polar surface area (TPSA) is 136 Å². The number of hydrogen-bond donors (Lipinski definition) is 3. The predicted octanol–water partition coefficient (Wildman–Crippen LogP) is 15.5. The van der Waals surface area contributed by atoms with Gasteiger partial charge in [-0.15, -0.1) is 0 Å². The minimum Gasteiger partial charge on any atom is -0.324 e. The smallest absolute Gasteiger partial charge is 0.324 e. The van der Waals surface area contributed by atoms with Gasteiger partial charge in [-0.3, -0.25) is 15.0 Å². The highest BCUT2D eigenvalue weighted by molar-refractivity contribution is 6.31. The molecule has 3 N–H and O–H groups in total. The molecule has 6 amide bonds. The number of anilines is 3. The predicted molar refractivity (Wildman–Crippen MR) is 285 cm³/mol. The molecule has 442 valence electrons. The van der Waals surface area contributed by atoms with Gasteiger partial charge >= 0.3 is 36.6 Å². The van der Waals surface area contributed by atoms with E-state index in [-0.39, 0.29) is 114 Å². The number of carbonyl (C=O) groups is 3.